The van der Waals surface area contributed by atoms with Gasteiger partial charge in [-0.25, -0.2) is 4.79 Å². The van der Waals surface area contributed by atoms with Crippen LogP contribution in [-0.2, 0) is 29.2 Å². The van der Waals surface area contributed by atoms with Gasteiger partial charge in [0, 0.05) is 37.2 Å². The van der Waals surface area contributed by atoms with Gasteiger partial charge in [-0.15, -0.1) is 0 Å². The summed E-state index contributed by atoms with van der Waals surface area (Å²) in [7, 11) is 1.52. The Kier molecular flexibility index (Phi) is 6.16. The van der Waals surface area contributed by atoms with E-state index >= 15 is 0 Å². The number of benzene rings is 2. The molecular weight excluding hydrogens is 428 g/mol. The number of rotatable bonds is 6. The van der Waals surface area contributed by atoms with E-state index in [1.54, 1.807) is 18.2 Å². The van der Waals surface area contributed by atoms with Crippen molar-refractivity contribution in [3.05, 3.63) is 58.7 Å². The van der Waals surface area contributed by atoms with Crippen molar-refractivity contribution in [2.75, 3.05) is 7.11 Å². The van der Waals surface area contributed by atoms with Crippen LogP contribution in [0.15, 0.2) is 36.4 Å². The molecule has 2 aliphatic heterocycles. The number of aromatic hydroxyl groups is 1. The lowest BCUT2D eigenvalue weighted by Crippen LogP contribution is -2.52. The third-order valence-corrected chi connectivity index (χ3v) is 5.77. The minimum Gasteiger partial charge on any atom is -0.508 e. The second-order valence-electron chi connectivity index (χ2n) is 7.92. The van der Waals surface area contributed by atoms with Crippen LogP contribution in [0.5, 0.6) is 11.5 Å². The third kappa shape index (κ3) is 4.74. The van der Waals surface area contributed by atoms with E-state index in [0.29, 0.717) is 29.8 Å². The average molecular weight is 452 g/mol. The molecule has 4 rings (SSSR count). The van der Waals surface area contributed by atoms with Crippen molar-refractivity contribution in [3.63, 3.8) is 0 Å². The van der Waals surface area contributed by atoms with E-state index in [9.17, 15) is 24.3 Å². The van der Waals surface area contributed by atoms with Crippen LogP contribution in [0.3, 0.4) is 0 Å². The highest BCUT2D eigenvalue weighted by atomic mass is 16.5. The van der Waals surface area contributed by atoms with Crippen molar-refractivity contribution < 1.29 is 29.0 Å². The molecule has 10 heteroatoms. The molecule has 2 heterocycles. The van der Waals surface area contributed by atoms with Crippen molar-refractivity contribution in [2.45, 2.75) is 38.5 Å². The highest BCUT2D eigenvalue weighted by molar-refractivity contribution is 6.05. The summed E-state index contributed by atoms with van der Waals surface area (Å²) in [6.07, 6.45) is 0.510. The molecule has 0 saturated carbocycles. The Morgan fingerprint density at radius 1 is 1.15 bits per heavy atom. The van der Waals surface area contributed by atoms with Crippen LogP contribution in [0.2, 0.25) is 0 Å². The molecule has 1 unspecified atom stereocenters. The summed E-state index contributed by atoms with van der Waals surface area (Å²) >= 11 is 0. The minimum atomic E-state index is -0.664. The number of urea groups is 1. The number of carbonyl (C=O) groups is 4. The van der Waals surface area contributed by atoms with Crippen LogP contribution in [-0.4, -0.2) is 46.9 Å². The van der Waals surface area contributed by atoms with Crippen LogP contribution in [0, 0.1) is 0 Å². The summed E-state index contributed by atoms with van der Waals surface area (Å²) in [6, 6.07) is 8.98. The van der Waals surface area contributed by atoms with Crippen molar-refractivity contribution in [3.8, 4) is 11.5 Å². The number of piperidine rings is 1. The van der Waals surface area contributed by atoms with Gasteiger partial charge in [-0.2, -0.15) is 0 Å². The number of nitrogens with zero attached hydrogens (tertiary/aromatic N) is 1. The number of hydrogen-bond donors (Lipinski definition) is 4. The molecule has 0 aliphatic carbocycles. The molecule has 33 heavy (non-hydrogen) atoms. The molecule has 0 bridgehead atoms. The van der Waals surface area contributed by atoms with Gasteiger partial charge in [0.25, 0.3) is 5.91 Å². The van der Waals surface area contributed by atoms with Crippen LogP contribution < -0.4 is 20.7 Å². The summed E-state index contributed by atoms with van der Waals surface area (Å²) in [5.41, 5.74) is 2.53. The summed E-state index contributed by atoms with van der Waals surface area (Å²) < 4.78 is 5.12. The second kappa shape index (κ2) is 9.19. The van der Waals surface area contributed by atoms with Crippen molar-refractivity contribution in [1.82, 2.24) is 20.9 Å². The zero-order valence-electron chi connectivity index (χ0n) is 18.0. The number of phenolic OH excluding ortho intramolecular Hbond substituents is 1. The molecule has 4 N–H and O–H groups in total. The van der Waals surface area contributed by atoms with Crippen molar-refractivity contribution >= 4 is 23.8 Å². The van der Waals surface area contributed by atoms with E-state index in [-0.39, 0.29) is 37.1 Å². The molecule has 1 fully saturated rings. The van der Waals surface area contributed by atoms with Gasteiger partial charge in [-0.05, 0) is 41.8 Å². The molecule has 0 aromatic heterocycles. The summed E-state index contributed by atoms with van der Waals surface area (Å²) in [4.78, 5) is 50.1. The molecule has 2 aliphatic rings. The molecule has 2 aromatic rings. The summed E-state index contributed by atoms with van der Waals surface area (Å²) in [5, 5.41) is 17.6. The number of amides is 5. The first-order chi connectivity index (χ1) is 15.9. The zero-order valence-corrected chi connectivity index (χ0v) is 18.0. The Hall–Kier alpha value is -4.08. The first-order valence-corrected chi connectivity index (χ1v) is 10.5. The minimum absolute atomic E-state index is 0.0498. The topological polar surface area (TPSA) is 137 Å². The predicted octanol–water partition coefficient (Wildman–Crippen LogP) is 1.16. The fourth-order valence-electron chi connectivity index (χ4n) is 3.96. The standard InChI is InChI=1S/C23H24N4O6/c1-33-16-4-6-19(28)15(9-16)11-25-23(32)24-10-13-2-3-14-12-27(22(31)17(14)8-13)18-5-7-20(29)26-21(18)30/h2-4,6,8-9,18,28H,5,7,10-12H2,1H3,(H2,24,25,32)(H,26,29,30). The van der Waals surface area contributed by atoms with Crippen molar-refractivity contribution in [1.29, 1.82) is 0 Å². The maximum Gasteiger partial charge on any atom is 0.315 e. The van der Waals surface area contributed by atoms with Crippen LogP contribution in [0.4, 0.5) is 4.79 Å². The molecule has 1 saturated heterocycles. The number of imide groups is 1. The molecular formula is C23H24N4O6. The van der Waals surface area contributed by atoms with E-state index in [4.69, 9.17) is 4.74 Å². The lowest BCUT2D eigenvalue weighted by atomic mass is 10.0. The number of fused-ring (bicyclic) bond motifs is 1. The van der Waals surface area contributed by atoms with Crippen LogP contribution >= 0.6 is 0 Å². The van der Waals surface area contributed by atoms with E-state index in [2.05, 4.69) is 16.0 Å². The average Bonchev–Trinajstić information content (AvgIpc) is 3.12. The van der Waals surface area contributed by atoms with Gasteiger partial charge in [-0.3, -0.25) is 19.7 Å². The fraction of sp³-hybridized carbons (Fsp3) is 0.304. The monoisotopic (exact) mass is 452 g/mol. The number of phenols is 1. The molecule has 172 valence electrons. The van der Waals surface area contributed by atoms with Gasteiger partial charge in [0.05, 0.1) is 7.11 Å². The number of ether oxygens (including phenoxy) is 1. The Balaban J connectivity index is 1.34. The van der Waals surface area contributed by atoms with Gasteiger partial charge in [0.2, 0.25) is 11.8 Å². The van der Waals surface area contributed by atoms with Gasteiger partial charge < -0.3 is 25.4 Å². The van der Waals surface area contributed by atoms with Crippen LogP contribution in [0.25, 0.3) is 0 Å². The second-order valence-corrected chi connectivity index (χ2v) is 7.92. The highest BCUT2D eigenvalue weighted by Gasteiger charge is 2.39. The smallest absolute Gasteiger partial charge is 0.315 e. The summed E-state index contributed by atoms with van der Waals surface area (Å²) in [6.45, 7) is 0.603. The van der Waals surface area contributed by atoms with Gasteiger partial charge in [-0.1, -0.05) is 12.1 Å². The Labute approximate surface area is 189 Å². The zero-order chi connectivity index (χ0) is 23.5. The molecule has 5 amide bonds. The number of hydrogen-bond acceptors (Lipinski definition) is 6. The quantitative estimate of drug-likeness (QED) is 0.486. The first-order valence-electron chi connectivity index (χ1n) is 10.5. The number of methoxy groups -OCH3 is 1. The molecule has 0 radical (unpaired) electrons. The van der Waals surface area contributed by atoms with Crippen LogP contribution in [0.1, 0.15) is 39.9 Å². The van der Waals surface area contributed by atoms with E-state index in [1.165, 1.54) is 18.1 Å². The van der Waals surface area contributed by atoms with Gasteiger partial charge in [0.1, 0.15) is 17.5 Å². The largest absolute Gasteiger partial charge is 0.508 e. The lowest BCUT2D eigenvalue weighted by Gasteiger charge is -2.29. The molecule has 0 spiro atoms. The van der Waals surface area contributed by atoms with E-state index in [0.717, 1.165) is 11.1 Å². The maximum atomic E-state index is 12.9. The molecule has 10 nitrogen and oxygen atoms in total. The lowest BCUT2D eigenvalue weighted by molar-refractivity contribution is -0.136. The predicted molar refractivity (Wildman–Crippen MR) is 116 cm³/mol. The third-order valence-electron chi connectivity index (χ3n) is 5.77. The normalized spacial score (nSPS) is 17.4. The molecule has 1 atom stereocenters. The Bertz CT molecular complexity index is 1130. The SMILES string of the molecule is COc1ccc(O)c(CNC(=O)NCc2ccc3c(c2)C(=O)N(C2CCC(=O)NC2=O)C3)c1. The van der Waals surface area contributed by atoms with E-state index in [1.807, 2.05) is 12.1 Å². The number of nitrogens with one attached hydrogen (secondary N) is 3. The maximum absolute atomic E-state index is 12.9. The van der Waals surface area contributed by atoms with Gasteiger partial charge >= 0.3 is 6.03 Å². The Morgan fingerprint density at radius 3 is 2.70 bits per heavy atom. The van der Waals surface area contributed by atoms with E-state index < -0.39 is 18.0 Å². The number of carbonyl (C=O) groups excluding carboxylic acids is 4. The Morgan fingerprint density at radius 2 is 1.94 bits per heavy atom. The first kappa shape index (κ1) is 22.1. The highest BCUT2D eigenvalue weighted by Crippen LogP contribution is 2.28. The fourth-order valence-corrected chi connectivity index (χ4v) is 3.96. The van der Waals surface area contributed by atoms with Gasteiger partial charge in [0.15, 0.2) is 0 Å². The molecule has 2 aromatic carbocycles. The van der Waals surface area contributed by atoms with Crippen molar-refractivity contribution in [2.24, 2.45) is 0 Å². The summed E-state index contributed by atoms with van der Waals surface area (Å²) in [5.74, 6) is -0.422.